The molecule has 218 valence electrons. The number of aryl methyl sites for hydroxylation is 2. The molecule has 1 atom stereocenters. The van der Waals surface area contributed by atoms with Crippen LogP contribution in [0.1, 0.15) is 37.0 Å². The third-order valence-electron chi connectivity index (χ3n) is 9.69. The first-order chi connectivity index (χ1) is 22.0. The number of rotatable bonds is 6. The van der Waals surface area contributed by atoms with Crippen molar-refractivity contribution in [2.75, 3.05) is 0 Å². The second kappa shape index (κ2) is 12.3. The molecule has 0 aliphatic heterocycles. The summed E-state index contributed by atoms with van der Waals surface area (Å²) in [6.07, 6.45) is 21.4. The number of allylic oxidation sites excluding steroid dienone is 11. The first-order valence-electron chi connectivity index (χ1n) is 16.2. The Hall–Kier alpha value is -4.88. The normalized spacial score (nSPS) is 16.3. The first kappa shape index (κ1) is 28.9. The lowest BCUT2D eigenvalue weighted by molar-refractivity contribution is 0.767. The maximum atomic E-state index is 2.48. The van der Waals surface area contributed by atoms with Crippen LogP contribution in [0, 0.1) is 19.8 Å². The molecule has 0 spiro atoms. The molecule has 0 N–H and O–H groups in total. The van der Waals surface area contributed by atoms with Gasteiger partial charge in [-0.1, -0.05) is 167 Å². The summed E-state index contributed by atoms with van der Waals surface area (Å²) in [5, 5.41) is 5.14. The van der Waals surface area contributed by atoms with Crippen LogP contribution in [0.2, 0.25) is 0 Å². The SMILES string of the molecule is C/C=C\C=C/c1c(C)ccc(C)c1B(C1=C2C=CC=CC2CC=C1C)c1cccc(-c2c3ccccc3cc3ccccc23)c1. The summed E-state index contributed by atoms with van der Waals surface area (Å²) in [6.45, 7) is 9.02. The topological polar surface area (TPSA) is 0 Å². The second-order valence-electron chi connectivity index (χ2n) is 12.5. The van der Waals surface area contributed by atoms with Gasteiger partial charge in [-0.2, -0.15) is 0 Å². The fourth-order valence-electron chi connectivity index (χ4n) is 7.51. The van der Waals surface area contributed by atoms with Crippen molar-refractivity contribution >= 4 is 45.3 Å². The van der Waals surface area contributed by atoms with E-state index in [4.69, 9.17) is 0 Å². The summed E-state index contributed by atoms with van der Waals surface area (Å²) >= 11 is 0. The van der Waals surface area contributed by atoms with Crippen LogP contribution in [0.3, 0.4) is 0 Å². The van der Waals surface area contributed by atoms with Crippen LogP contribution in [0.5, 0.6) is 0 Å². The van der Waals surface area contributed by atoms with E-state index in [1.165, 1.54) is 76.9 Å². The van der Waals surface area contributed by atoms with E-state index in [0.29, 0.717) is 5.92 Å². The summed E-state index contributed by atoms with van der Waals surface area (Å²) < 4.78 is 0. The van der Waals surface area contributed by atoms with Crippen molar-refractivity contribution in [3.8, 4) is 11.1 Å². The third kappa shape index (κ3) is 5.27. The molecular weight excluding hydrogens is 539 g/mol. The molecule has 0 saturated carbocycles. The summed E-state index contributed by atoms with van der Waals surface area (Å²) in [5.41, 5.74) is 13.5. The fraction of sp³-hybridized carbons (Fsp3) is 0.136. The summed E-state index contributed by atoms with van der Waals surface area (Å²) in [5.74, 6) is 0.411. The fourth-order valence-corrected chi connectivity index (χ4v) is 7.51. The maximum absolute atomic E-state index is 2.48. The molecule has 2 aliphatic carbocycles. The Labute approximate surface area is 268 Å². The highest BCUT2D eigenvalue weighted by molar-refractivity contribution is 6.92. The van der Waals surface area contributed by atoms with Crippen LogP contribution >= 0.6 is 0 Å². The van der Waals surface area contributed by atoms with Crippen molar-refractivity contribution in [3.05, 3.63) is 173 Å². The van der Waals surface area contributed by atoms with E-state index in [1.54, 1.807) is 0 Å². The Balaban J connectivity index is 1.54. The van der Waals surface area contributed by atoms with Crippen molar-refractivity contribution in [1.29, 1.82) is 0 Å². The van der Waals surface area contributed by atoms with E-state index in [9.17, 15) is 0 Å². The summed E-state index contributed by atoms with van der Waals surface area (Å²) in [6, 6.07) is 34.0. The monoisotopic (exact) mass is 578 g/mol. The van der Waals surface area contributed by atoms with Gasteiger partial charge < -0.3 is 0 Å². The smallest absolute Gasteiger partial charge is 0.0877 e. The molecule has 0 aromatic heterocycles. The highest BCUT2D eigenvalue weighted by atomic mass is 14.2. The molecule has 0 bridgehead atoms. The lowest BCUT2D eigenvalue weighted by atomic mass is 9.32. The zero-order chi connectivity index (χ0) is 30.9. The molecule has 0 amide bonds. The van der Waals surface area contributed by atoms with Crippen LogP contribution in [-0.2, 0) is 0 Å². The molecule has 0 heterocycles. The van der Waals surface area contributed by atoms with Gasteiger partial charge in [0.15, 0.2) is 0 Å². The van der Waals surface area contributed by atoms with E-state index in [2.05, 4.69) is 173 Å². The first-order valence-corrected chi connectivity index (χ1v) is 16.2. The van der Waals surface area contributed by atoms with Gasteiger partial charge in [-0.05, 0) is 89.6 Å². The van der Waals surface area contributed by atoms with E-state index in [0.717, 1.165) is 6.42 Å². The molecule has 0 fully saturated rings. The van der Waals surface area contributed by atoms with Gasteiger partial charge in [-0.15, -0.1) is 0 Å². The molecule has 1 unspecified atom stereocenters. The average molecular weight is 579 g/mol. The Morgan fingerprint density at radius 3 is 2.22 bits per heavy atom. The third-order valence-corrected chi connectivity index (χ3v) is 9.69. The van der Waals surface area contributed by atoms with Crippen molar-refractivity contribution in [2.45, 2.75) is 34.1 Å². The van der Waals surface area contributed by atoms with E-state index < -0.39 is 0 Å². The van der Waals surface area contributed by atoms with E-state index >= 15 is 0 Å². The predicted octanol–water partition coefficient (Wildman–Crippen LogP) is 10.4. The van der Waals surface area contributed by atoms with Gasteiger partial charge >= 0.3 is 0 Å². The molecule has 7 rings (SSSR count). The van der Waals surface area contributed by atoms with E-state index in [1.807, 2.05) is 0 Å². The van der Waals surface area contributed by atoms with Gasteiger partial charge in [0.1, 0.15) is 0 Å². The Morgan fingerprint density at radius 2 is 1.47 bits per heavy atom. The number of hydrogen-bond acceptors (Lipinski definition) is 0. The molecule has 45 heavy (non-hydrogen) atoms. The standard InChI is InChI=1S/C44H39B/c1-5-6-7-20-38-30(2)24-25-31(3)43(38)45(44-32(4)26-27-33-15-8-13-23-41(33)44)37-19-14-18-36(29-37)42-39-21-11-9-16-34(39)28-35-17-10-12-22-40(35)42/h5-26,28-29,33H,27H2,1-4H3/b6-5-,20-7-. The highest BCUT2D eigenvalue weighted by Crippen LogP contribution is 2.38. The molecule has 0 saturated heterocycles. The van der Waals surface area contributed by atoms with Gasteiger partial charge in [0, 0.05) is 5.92 Å². The molecular formula is C44H39B. The molecule has 0 radical (unpaired) electrons. The Kier molecular flexibility index (Phi) is 7.86. The molecule has 5 aromatic rings. The van der Waals surface area contributed by atoms with Crippen molar-refractivity contribution in [3.63, 3.8) is 0 Å². The minimum absolute atomic E-state index is 0.0848. The van der Waals surface area contributed by atoms with Crippen LogP contribution < -0.4 is 10.9 Å². The predicted molar refractivity (Wildman–Crippen MR) is 199 cm³/mol. The minimum atomic E-state index is 0.0848. The van der Waals surface area contributed by atoms with Gasteiger partial charge in [0.05, 0.1) is 0 Å². The molecule has 5 aromatic carbocycles. The zero-order valence-electron chi connectivity index (χ0n) is 26.7. The van der Waals surface area contributed by atoms with Gasteiger partial charge in [-0.25, -0.2) is 0 Å². The van der Waals surface area contributed by atoms with Crippen molar-refractivity contribution in [2.24, 2.45) is 5.92 Å². The zero-order valence-corrected chi connectivity index (χ0v) is 26.7. The number of benzene rings is 5. The van der Waals surface area contributed by atoms with Crippen molar-refractivity contribution < 1.29 is 0 Å². The van der Waals surface area contributed by atoms with Crippen LogP contribution in [0.25, 0.3) is 38.7 Å². The second-order valence-corrected chi connectivity index (χ2v) is 12.5. The van der Waals surface area contributed by atoms with Gasteiger partial charge in [0.2, 0.25) is 6.71 Å². The Morgan fingerprint density at radius 1 is 0.733 bits per heavy atom. The lowest BCUT2D eigenvalue weighted by Gasteiger charge is -2.32. The lowest BCUT2D eigenvalue weighted by Crippen LogP contribution is -2.48. The quantitative estimate of drug-likeness (QED) is 0.107. The van der Waals surface area contributed by atoms with E-state index in [-0.39, 0.29) is 6.71 Å². The number of fused-ring (bicyclic) bond motifs is 3. The van der Waals surface area contributed by atoms with Crippen molar-refractivity contribution in [1.82, 2.24) is 0 Å². The molecule has 0 nitrogen and oxygen atoms in total. The summed E-state index contributed by atoms with van der Waals surface area (Å²) in [4.78, 5) is 0. The average Bonchev–Trinajstić information content (AvgIpc) is 3.07. The molecule has 1 heteroatoms. The number of hydrogen-bond donors (Lipinski definition) is 0. The molecule has 2 aliphatic rings. The highest BCUT2D eigenvalue weighted by Gasteiger charge is 2.34. The van der Waals surface area contributed by atoms with Crippen LogP contribution in [0.4, 0.5) is 0 Å². The van der Waals surface area contributed by atoms with Crippen LogP contribution in [-0.4, -0.2) is 6.71 Å². The van der Waals surface area contributed by atoms with Gasteiger partial charge in [0.25, 0.3) is 0 Å². The largest absolute Gasteiger partial charge is 0.243 e. The Bertz CT molecular complexity index is 2070. The van der Waals surface area contributed by atoms with Gasteiger partial charge in [-0.3, -0.25) is 0 Å². The van der Waals surface area contributed by atoms with Crippen LogP contribution in [0.15, 0.2) is 156 Å². The minimum Gasteiger partial charge on any atom is -0.0877 e. The summed E-state index contributed by atoms with van der Waals surface area (Å²) in [7, 11) is 0. The maximum Gasteiger partial charge on any atom is 0.243 e.